The van der Waals surface area contributed by atoms with E-state index in [9.17, 15) is 0 Å². The zero-order valence-corrected chi connectivity index (χ0v) is 10.4. The molecule has 0 spiro atoms. The van der Waals surface area contributed by atoms with Gasteiger partial charge < -0.3 is 5.43 Å². The third-order valence-corrected chi connectivity index (χ3v) is 3.17. The van der Waals surface area contributed by atoms with Crippen molar-refractivity contribution >= 4 is 17.6 Å². The molecule has 2 aromatic rings. The van der Waals surface area contributed by atoms with E-state index in [0.29, 0.717) is 5.82 Å². The standard InChI is InChI=1S/C12H14N4S/c1-9-7-11(16-13)15-12(14-9)8-17-10-5-3-2-4-6-10/h2-7H,8,13H2,1H3,(H,14,15,16). The normalized spacial score (nSPS) is 10.2. The van der Waals surface area contributed by atoms with Crippen LogP contribution in [0.2, 0.25) is 0 Å². The van der Waals surface area contributed by atoms with Gasteiger partial charge in [0.25, 0.3) is 0 Å². The van der Waals surface area contributed by atoms with Gasteiger partial charge in [0, 0.05) is 16.7 Å². The van der Waals surface area contributed by atoms with Crippen LogP contribution >= 0.6 is 11.8 Å². The first-order valence-corrected chi connectivity index (χ1v) is 6.25. The highest BCUT2D eigenvalue weighted by Gasteiger charge is 2.02. The summed E-state index contributed by atoms with van der Waals surface area (Å²) >= 11 is 1.71. The monoisotopic (exact) mass is 246 g/mol. The van der Waals surface area contributed by atoms with Crippen molar-refractivity contribution in [3.05, 3.63) is 47.9 Å². The number of nitrogens with one attached hydrogen (secondary N) is 1. The van der Waals surface area contributed by atoms with E-state index in [-0.39, 0.29) is 0 Å². The van der Waals surface area contributed by atoms with Crippen molar-refractivity contribution in [3.63, 3.8) is 0 Å². The molecule has 0 aliphatic rings. The molecule has 0 fully saturated rings. The maximum Gasteiger partial charge on any atom is 0.143 e. The highest BCUT2D eigenvalue weighted by Crippen LogP contribution is 2.21. The number of hydrogen-bond donors (Lipinski definition) is 2. The molecular formula is C12H14N4S. The van der Waals surface area contributed by atoms with Crippen LogP contribution in [0.3, 0.4) is 0 Å². The van der Waals surface area contributed by atoms with Crippen molar-refractivity contribution in [2.75, 3.05) is 5.43 Å². The lowest BCUT2D eigenvalue weighted by Gasteiger charge is -2.05. The average Bonchev–Trinajstić information content (AvgIpc) is 2.37. The molecule has 3 N–H and O–H groups in total. The highest BCUT2D eigenvalue weighted by molar-refractivity contribution is 7.98. The quantitative estimate of drug-likeness (QED) is 0.492. The molecule has 0 saturated heterocycles. The maximum absolute atomic E-state index is 5.35. The lowest BCUT2D eigenvalue weighted by molar-refractivity contribution is 0.990. The Bertz CT molecular complexity index is 487. The van der Waals surface area contributed by atoms with Crippen molar-refractivity contribution in [3.8, 4) is 0 Å². The molecule has 88 valence electrons. The Labute approximate surface area is 105 Å². The zero-order chi connectivity index (χ0) is 12.1. The fraction of sp³-hybridized carbons (Fsp3) is 0.167. The molecule has 0 bridgehead atoms. The summed E-state index contributed by atoms with van der Waals surface area (Å²) in [5.41, 5.74) is 3.46. The molecule has 5 heteroatoms. The Morgan fingerprint density at radius 2 is 2.00 bits per heavy atom. The minimum Gasteiger partial charge on any atom is -0.308 e. The van der Waals surface area contributed by atoms with Gasteiger partial charge in [-0.1, -0.05) is 18.2 Å². The molecule has 0 aliphatic heterocycles. The van der Waals surface area contributed by atoms with Crippen molar-refractivity contribution in [1.29, 1.82) is 0 Å². The number of hydrazine groups is 1. The summed E-state index contributed by atoms with van der Waals surface area (Å²) in [5, 5.41) is 0. The van der Waals surface area contributed by atoms with Gasteiger partial charge in [0.15, 0.2) is 0 Å². The Balaban J connectivity index is 2.06. The SMILES string of the molecule is Cc1cc(NN)nc(CSc2ccccc2)n1. The van der Waals surface area contributed by atoms with Gasteiger partial charge in [-0.3, -0.25) is 0 Å². The molecule has 0 unspecified atom stereocenters. The first-order chi connectivity index (χ1) is 8.28. The van der Waals surface area contributed by atoms with Crippen molar-refractivity contribution in [2.45, 2.75) is 17.6 Å². The van der Waals surface area contributed by atoms with E-state index in [1.165, 1.54) is 4.90 Å². The summed E-state index contributed by atoms with van der Waals surface area (Å²) in [7, 11) is 0. The smallest absolute Gasteiger partial charge is 0.143 e. The minimum atomic E-state index is 0.654. The molecular weight excluding hydrogens is 232 g/mol. The minimum absolute atomic E-state index is 0.654. The van der Waals surface area contributed by atoms with E-state index >= 15 is 0 Å². The summed E-state index contributed by atoms with van der Waals surface area (Å²) in [6.45, 7) is 1.93. The number of nitrogens with two attached hydrogens (primary N) is 1. The van der Waals surface area contributed by atoms with Crippen LogP contribution in [0.1, 0.15) is 11.5 Å². The Morgan fingerprint density at radius 3 is 2.71 bits per heavy atom. The van der Waals surface area contributed by atoms with Crippen LogP contribution in [0.4, 0.5) is 5.82 Å². The number of benzene rings is 1. The second-order valence-corrected chi connectivity index (χ2v) is 4.61. The predicted molar refractivity (Wildman–Crippen MR) is 70.6 cm³/mol. The van der Waals surface area contributed by atoms with Crippen LogP contribution in [0.15, 0.2) is 41.3 Å². The number of nitrogens with zero attached hydrogens (tertiary/aromatic N) is 2. The van der Waals surface area contributed by atoms with Gasteiger partial charge in [0.05, 0.1) is 5.75 Å². The number of aryl methyl sites for hydroxylation is 1. The molecule has 2 rings (SSSR count). The number of hydrogen-bond acceptors (Lipinski definition) is 5. The van der Waals surface area contributed by atoms with Crippen LogP contribution in [-0.4, -0.2) is 9.97 Å². The molecule has 1 aromatic carbocycles. The summed E-state index contributed by atoms with van der Waals surface area (Å²) < 4.78 is 0. The molecule has 1 heterocycles. The molecule has 1 aromatic heterocycles. The number of aromatic nitrogens is 2. The maximum atomic E-state index is 5.35. The van der Waals surface area contributed by atoms with Crippen molar-refractivity contribution < 1.29 is 0 Å². The van der Waals surface area contributed by atoms with E-state index in [1.54, 1.807) is 11.8 Å². The second kappa shape index (κ2) is 5.65. The van der Waals surface area contributed by atoms with E-state index in [0.717, 1.165) is 17.3 Å². The first kappa shape index (κ1) is 11.9. The third kappa shape index (κ3) is 3.44. The van der Waals surface area contributed by atoms with Gasteiger partial charge in [-0.25, -0.2) is 15.8 Å². The fourth-order valence-corrected chi connectivity index (χ4v) is 2.21. The Hall–Kier alpha value is -1.59. The second-order valence-electron chi connectivity index (χ2n) is 3.56. The molecule has 0 atom stereocenters. The first-order valence-electron chi connectivity index (χ1n) is 5.27. The van der Waals surface area contributed by atoms with Crippen LogP contribution in [-0.2, 0) is 5.75 Å². The molecule has 0 aliphatic carbocycles. The topological polar surface area (TPSA) is 63.8 Å². The van der Waals surface area contributed by atoms with Crippen molar-refractivity contribution in [1.82, 2.24) is 9.97 Å². The van der Waals surface area contributed by atoms with E-state index in [4.69, 9.17) is 5.84 Å². The van der Waals surface area contributed by atoms with E-state index in [1.807, 2.05) is 31.2 Å². The van der Waals surface area contributed by atoms with Gasteiger partial charge in [0.1, 0.15) is 11.6 Å². The molecule has 17 heavy (non-hydrogen) atoms. The molecule has 0 amide bonds. The van der Waals surface area contributed by atoms with Gasteiger partial charge >= 0.3 is 0 Å². The van der Waals surface area contributed by atoms with Crippen molar-refractivity contribution in [2.24, 2.45) is 5.84 Å². The van der Waals surface area contributed by atoms with Gasteiger partial charge in [-0.15, -0.1) is 11.8 Å². The number of anilines is 1. The number of rotatable bonds is 4. The molecule has 4 nitrogen and oxygen atoms in total. The summed E-state index contributed by atoms with van der Waals surface area (Å²) in [4.78, 5) is 9.88. The van der Waals surface area contributed by atoms with Crippen LogP contribution < -0.4 is 11.3 Å². The average molecular weight is 246 g/mol. The molecule has 0 saturated carbocycles. The lowest BCUT2D eigenvalue weighted by Crippen LogP contribution is -2.10. The summed E-state index contributed by atoms with van der Waals surface area (Å²) in [5.74, 6) is 7.52. The number of nitrogen functional groups attached to an aromatic ring is 1. The molecule has 0 radical (unpaired) electrons. The van der Waals surface area contributed by atoms with Gasteiger partial charge in [-0.05, 0) is 19.1 Å². The van der Waals surface area contributed by atoms with E-state index in [2.05, 4.69) is 27.5 Å². The van der Waals surface area contributed by atoms with Gasteiger partial charge in [-0.2, -0.15) is 0 Å². The largest absolute Gasteiger partial charge is 0.308 e. The fourth-order valence-electron chi connectivity index (χ4n) is 1.43. The highest BCUT2D eigenvalue weighted by atomic mass is 32.2. The zero-order valence-electron chi connectivity index (χ0n) is 9.55. The Kier molecular flexibility index (Phi) is 3.95. The van der Waals surface area contributed by atoms with E-state index < -0.39 is 0 Å². The summed E-state index contributed by atoms with van der Waals surface area (Å²) in [6, 6.07) is 12.0. The Morgan fingerprint density at radius 1 is 1.24 bits per heavy atom. The van der Waals surface area contributed by atoms with Crippen LogP contribution in [0.25, 0.3) is 0 Å². The summed E-state index contributed by atoms with van der Waals surface area (Å²) in [6.07, 6.45) is 0. The van der Waals surface area contributed by atoms with Crippen LogP contribution in [0.5, 0.6) is 0 Å². The van der Waals surface area contributed by atoms with Gasteiger partial charge in [0.2, 0.25) is 0 Å². The lowest BCUT2D eigenvalue weighted by atomic mass is 10.4. The predicted octanol–water partition coefficient (Wildman–Crippen LogP) is 2.36. The number of thioether (sulfide) groups is 1. The third-order valence-electron chi connectivity index (χ3n) is 2.16. The van der Waals surface area contributed by atoms with Crippen LogP contribution in [0, 0.1) is 6.92 Å².